The molecule has 0 aliphatic rings. The maximum absolute atomic E-state index is 14.5. The lowest BCUT2D eigenvalue weighted by molar-refractivity contribution is -0.140. The zero-order valence-electron chi connectivity index (χ0n) is 25.8. The van der Waals surface area contributed by atoms with E-state index >= 15 is 0 Å². The van der Waals surface area contributed by atoms with Gasteiger partial charge >= 0.3 is 0 Å². The second kappa shape index (κ2) is 14.8. The number of rotatable bonds is 13. The number of sulfonamides is 1. The Labute approximate surface area is 261 Å². The van der Waals surface area contributed by atoms with Gasteiger partial charge in [-0.05, 0) is 67.6 Å². The third kappa shape index (κ3) is 7.94. The third-order valence-electron chi connectivity index (χ3n) is 7.92. The zero-order chi connectivity index (χ0) is 31.7. The summed E-state index contributed by atoms with van der Waals surface area (Å²) in [4.78, 5) is 30.0. The highest BCUT2D eigenvalue weighted by molar-refractivity contribution is 7.92. The first kappa shape index (κ1) is 32.5. The number of nitrogens with zero attached hydrogens (tertiary/aromatic N) is 2. The summed E-state index contributed by atoms with van der Waals surface area (Å²) in [6, 6.07) is 31.6. The van der Waals surface area contributed by atoms with E-state index in [1.807, 2.05) is 94.4 Å². The minimum absolute atomic E-state index is 0.0821. The molecule has 2 atom stereocenters. The Morgan fingerprint density at radius 2 is 1.34 bits per heavy atom. The van der Waals surface area contributed by atoms with E-state index in [1.165, 1.54) is 21.3 Å². The van der Waals surface area contributed by atoms with E-state index in [0.29, 0.717) is 5.69 Å². The molecule has 4 rings (SSSR count). The zero-order valence-corrected chi connectivity index (χ0v) is 26.6. The van der Waals surface area contributed by atoms with Crippen molar-refractivity contribution in [2.75, 3.05) is 10.8 Å². The molecular formula is C36H41N3O4S. The van der Waals surface area contributed by atoms with Gasteiger partial charge in [-0.3, -0.25) is 13.9 Å². The van der Waals surface area contributed by atoms with E-state index in [4.69, 9.17) is 0 Å². The van der Waals surface area contributed by atoms with Crippen molar-refractivity contribution in [1.82, 2.24) is 10.2 Å². The van der Waals surface area contributed by atoms with Gasteiger partial charge in [0.05, 0.1) is 10.6 Å². The van der Waals surface area contributed by atoms with Gasteiger partial charge in [-0.1, -0.05) is 97.9 Å². The van der Waals surface area contributed by atoms with Gasteiger partial charge in [0.15, 0.2) is 0 Å². The lowest BCUT2D eigenvalue weighted by Gasteiger charge is -2.34. The first-order chi connectivity index (χ1) is 21.1. The fraction of sp³-hybridized carbons (Fsp3) is 0.278. The van der Waals surface area contributed by atoms with Crippen LogP contribution in [0.5, 0.6) is 0 Å². The molecule has 0 radical (unpaired) electrons. The fourth-order valence-corrected chi connectivity index (χ4v) is 6.51. The Morgan fingerprint density at radius 3 is 1.93 bits per heavy atom. The molecule has 0 heterocycles. The lowest BCUT2D eigenvalue weighted by atomic mass is 10.0. The molecule has 44 heavy (non-hydrogen) atoms. The van der Waals surface area contributed by atoms with Gasteiger partial charge in [0.25, 0.3) is 10.0 Å². The van der Waals surface area contributed by atoms with Gasteiger partial charge in [-0.25, -0.2) is 8.42 Å². The monoisotopic (exact) mass is 611 g/mol. The van der Waals surface area contributed by atoms with Crippen molar-refractivity contribution >= 4 is 27.5 Å². The number of benzene rings is 4. The number of carbonyl (C=O) groups excluding carboxylic acids is 2. The van der Waals surface area contributed by atoms with Crippen LogP contribution in [0, 0.1) is 13.8 Å². The number of aryl methyl sites for hydroxylation is 1. The van der Waals surface area contributed by atoms with E-state index < -0.39 is 28.5 Å². The highest BCUT2D eigenvalue weighted by atomic mass is 32.2. The van der Waals surface area contributed by atoms with Gasteiger partial charge in [-0.15, -0.1) is 0 Å². The van der Waals surface area contributed by atoms with Crippen molar-refractivity contribution in [2.24, 2.45) is 0 Å². The second-order valence-electron chi connectivity index (χ2n) is 11.1. The van der Waals surface area contributed by atoms with E-state index in [-0.39, 0.29) is 29.8 Å². The molecule has 8 heteroatoms. The number of anilines is 1. The number of nitrogens with one attached hydrogen (secondary N) is 1. The van der Waals surface area contributed by atoms with Crippen LogP contribution in [0.4, 0.5) is 5.69 Å². The van der Waals surface area contributed by atoms with Crippen LogP contribution < -0.4 is 9.62 Å². The standard InChI is InChI=1S/C36H41N3O4S/c1-5-28(3)37-36(41)34(24-30-17-9-6-10-18-30)38(25-31-19-11-7-12-20-31)35(40)26-39(33-23-15-16-27(2)29(33)4)44(42,43)32-21-13-8-14-22-32/h6-23,28,34H,5,24-26H2,1-4H3,(H,37,41)/t28-,34+/m1/s1. The van der Waals surface area contributed by atoms with Gasteiger partial charge in [0, 0.05) is 19.0 Å². The van der Waals surface area contributed by atoms with E-state index in [0.717, 1.165) is 28.7 Å². The molecule has 0 spiro atoms. The van der Waals surface area contributed by atoms with Crippen LogP contribution in [-0.2, 0) is 32.6 Å². The number of carbonyl (C=O) groups is 2. The molecule has 0 aliphatic carbocycles. The van der Waals surface area contributed by atoms with Crippen molar-refractivity contribution in [3.8, 4) is 0 Å². The molecule has 0 saturated carbocycles. The van der Waals surface area contributed by atoms with Gasteiger partial charge in [-0.2, -0.15) is 0 Å². The molecule has 0 bridgehead atoms. The summed E-state index contributed by atoms with van der Waals surface area (Å²) in [5.41, 5.74) is 3.81. The minimum Gasteiger partial charge on any atom is -0.352 e. The molecule has 0 aliphatic heterocycles. The van der Waals surface area contributed by atoms with Crippen LogP contribution in [0.25, 0.3) is 0 Å². The minimum atomic E-state index is -4.14. The van der Waals surface area contributed by atoms with Crippen molar-refractivity contribution < 1.29 is 18.0 Å². The Balaban J connectivity index is 1.82. The first-order valence-electron chi connectivity index (χ1n) is 14.9. The molecule has 4 aromatic rings. The fourth-order valence-electron chi connectivity index (χ4n) is 5.01. The average Bonchev–Trinajstić information content (AvgIpc) is 3.04. The summed E-state index contributed by atoms with van der Waals surface area (Å²) in [6.45, 7) is 7.33. The Morgan fingerprint density at radius 1 is 0.773 bits per heavy atom. The lowest BCUT2D eigenvalue weighted by Crippen LogP contribution is -2.54. The molecule has 2 amide bonds. The number of amides is 2. The Hall–Kier alpha value is -4.43. The third-order valence-corrected chi connectivity index (χ3v) is 9.70. The van der Waals surface area contributed by atoms with Crippen molar-refractivity contribution in [2.45, 2.75) is 64.1 Å². The SMILES string of the molecule is CC[C@@H](C)NC(=O)[C@H](Cc1ccccc1)N(Cc1ccccc1)C(=O)CN(c1cccc(C)c1C)S(=O)(=O)c1ccccc1. The molecule has 4 aromatic carbocycles. The molecule has 1 N–H and O–H groups in total. The molecule has 0 aromatic heterocycles. The highest BCUT2D eigenvalue weighted by Crippen LogP contribution is 2.29. The topological polar surface area (TPSA) is 86.8 Å². The largest absolute Gasteiger partial charge is 0.352 e. The predicted octanol–water partition coefficient (Wildman–Crippen LogP) is 6.05. The van der Waals surface area contributed by atoms with Crippen LogP contribution in [0.1, 0.15) is 42.5 Å². The summed E-state index contributed by atoms with van der Waals surface area (Å²) in [6.07, 6.45) is 1.00. The molecule has 230 valence electrons. The number of hydrogen-bond donors (Lipinski definition) is 1. The van der Waals surface area contributed by atoms with Gasteiger partial charge in [0.2, 0.25) is 11.8 Å². The molecule has 0 fully saturated rings. The van der Waals surface area contributed by atoms with E-state index in [9.17, 15) is 18.0 Å². The molecule has 0 saturated heterocycles. The van der Waals surface area contributed by atoms with Crippen LogP contribution >= 0.6 is 0 Å². The van der Waals surface area contributed by atoms with Crippen LogP contribution in [0.3, 0.4) is 0 Å². The summed E-state index contributed by atoms with van der Waals surface area (Å²) >= 11 is 0. The van der Waals surface area contributed by atoms with Crippen molar-refractivity contribution in [3.63, 3.8) is 0 Å². The second-order valence-corrected chi connectivity index (χ2v) is 12.9. The van der Waals surface area contributed by atoms with Gasteiger partial charge < -0.3 is 10.2 Å². The first-order valence-corrected chi connectivity index (χ1v) is 16.4. The van der Waals surface area contributed by atoms with Crippen molar-refractivity contribution in [3.05, 3.63) is 131 Å². The maximum atomic E-state index is 14.5. The van der Waals surface area contributed by atoms with Crippen LogP contribution in [0.15, 0.2) is 114 Å². The molecular weight excluding hydrogens is 570 g/mol. The summed E-state index contributed by atoms with van der Waals surface area (Å²) in [5.74, 6) is -0.758. The van der Waals surface area contributed by atoms with Crippen LogP contribution in [-0.4, -0.2) is 43.8 Å². The predicted molar refractivity (Wildman–Crippen MR) is 176 cm³/mol. The van der Waals surface area contributed by atoms with E-state index in [1.54, 1.807) is 30.3 Å². The Bertz CT molecular complexity index is 1650. The number of hydrogen-bond acceptors (Lipinski definition) is 4. The van der Waals surface area contributed by atoms with Gasteiger partial charge in [0.1, 0.15) is 12.6 Å². The maximum Gasteiger partial charge on any atom is 0.264 e. The summed E-state index contributed by atoms with van der Waals surface area (Å²) < 4.78 is 29.5. The van der Waals surface area contributed by atoms with Crippen molar-refractivity contribution in [1.29, 1.82) is 0 Å². The average molecular weight is 612 g/mol. The highest BCUT2D eigenvalue weighted by Gasteiger charge is 2.35. The quantitative estimate of drug-likeness (QED) is 0.199. The summed E-state index contributed by atoms with van der Waals surface area (Å²) in [7, 11) is -4.14. The molecule has 7 nitrogen and oxygen atoms in total. The summed E-state index contributed by atoms with van der Waals surface area (Å²) in [5, 5.41) is 3.06. The molecule has 0 unspecified atom stereocenters. The van der Waals surface area contributed by atoms with E-state index in [2.05, 4.69) is 5.32 Å². The van der Waals surface area contributed by atoms with Crippen LogP contribution in [0.2, 0.25) is 0 Å². The smallest absolute Gasteiger partial charge is 0.264 e. The normalized spacial score (nSPS) is 12.6. The Kier molecular flexibility index (Phi) is 11.0.